The number of ether oxygens (including phenoxy) is 2. The van der Waals surface area contributed by atoms with Crippen molar-refractivity contribution in [3.8, 4) is 11.5 Å². The molecule has 42 heavy (non-hydrogen) atoms. The highest BCUT2D eigenvalue weighted by atomic mass is 32.2. The van der Waals surface area contributed by atoms with Gasteiger partial charge in [0.05, 0.1) is 24.8 Å². The Hall–Kier alpha value is -4.05. The maximum absolute atomic E-state index is 14.2. The molecule has 0 aromatic heterocycles. The van der Waals surface area contributed by atoms with Gasteiger partial charge in [-0.15, -0.1) is 0 Å². The molecular formula is C32H41N3O6S. The third-order valence-corrected chi connectivity index (χ3v) is 8.42. The number of rotatable bonds is 13. The molecule has 0 spiro atoms. The van der Waals surface area contributed by atoms with Crippen LogP contribution < -0.4 is 19.1 Å². The van der Waals surface area contributed by atoms with Crippen molar-refractivity contribution in [1.29, 1.82) is 0 Å². The molecule has 3 rings (SSSR count). The van der Waals surface area contributed by atoms with Crippen LogP contribution in [0.4, 0.5) is 5.69 Å². The van der Waals surface area contributed by atoms with Gasteiger partial charge in [0.15, 0.2) is 11.5 Å². The molecule has 226 valence electrons. The van der Waals surface area contributed by atoms with E-state index in [1.54, 1.807) is 30.3 Å². The summed E-state index contributed by atoms with van der Waals surface area (Å²) in [4.78, 5) is 29.1. The van der Waals surface area contributed by atoms with E-state index in [-0.39, 0.29) is 23.0 Å². The van der Waals surface area contributed by atoms with Gasteiger partial charge in [0.25, 0.3) is 10.0 Å². The first-order valence-electron chi connectivity index (χ1n) is 13.9. The van der Waals surface area contributed by atoms with Gasteiger partial charge < -0.3 is 19.7 Å². The molecule has 9 nitrogen and oxygen atoms in total. The van der Waals surface area contributed by atoms with Crippen LogP contribution in [0.1, 0.15) is 39.7 Å². The maximum atomic E-state index is 14.2. The standard InChI is InChI=1S/C32H41N3O6S/c1-7-27(31(37)33-32(2,3)4)34(21-20-24-14-10-8-11-15-24)30(36)23-35(42(38,39)26-16-12-9-13-17-26)25-18-19-28(40-5)29(22-25)41-6/h8-19,22,27H,7,20-21,23H2,1-6H3,(H,33,37). The van der Waals surface area contributed by atoms with Gasteiger partial charge in [0, 0.05) is 18.2 Å². The molecule has 0 aliphatic rings. The third-order valence-electron chi connectivity index (χ3n) is 6.63. The van der Waals surface area contributed by atoms with Crippen LogP contribution in [0, 0.1) is 0 Å². The summed E-state index contributed by atoms with van der Waals surface area (Å²) in [7, 11) is -1.25. The zero-order chi connectivity index (χ0) is 30.9. The van der Waals surface area contributed by atoms with E-state index in [9.17, 15) is 18.0 Å². The molecular weight excluding hydrogens is 554 g/mol. The van der Waals surface area contributed by atoms with E-state index < -0.39 is 34.1 Å². The van der Waals surface area contributed by atoms with Crippen LogP contribution in [-0.4, -0.2) is 64.0 Å². The summed E-state index contributed by atoms with van der Waals surface area (Å²) in [6, 6.07) is 21.4. The monoisotopic (exact) mass is 595 g/mol. The number of anilines is 1. The summed E-state index contributed by atoms with van der Waals surface area (Å²) in [5.74, 6) is -0.0715. The van der Waals surface area contributed by atoms with Gasteiger partial charge in [-0.1, -0.05) is 55.5 Å². The molecule has 0 aliphatic carbocycles. The van der Waals surface area contributed by atoms with Gasteiger partial charge in [-0.2, -0.15) is 0 Å². The van der Waals surface area contributed by atoms with Crippen molar-refractivity contribution in [3.63, 3.8) is 0 Å². The molecule has 0 heterocycles. The average molecular weight is 596 g/mol. The van der Waals surface area contributed by atoms with Crippen molar-refractivity contribution in [2.45, 2.75) is 57.0 Å². The SMILES string of the molecule is CCC(C(=O)NC(C)(C)C)N(CCc1ccccc1)C(=O)CN(c1ccc(OC)c(OC)c1)S(=O)(=O)c1ccccc1. The summed E-state index contributed by atoms with van der Waals surface area (Å²) in [6.45, 7) is 7.16. The molecule has 2 amide bonds. The normalized spacial score (nSPS) is 12.2. The Morgan fingerprint density at radius 1 is 0.881 bits per heavy atom. The smallest absolute Gasteiger partial charge is 0.264 e. The van der Waals surface area contributed by atoms with Crippen molar-refractivity contribution in [3.05, 3.63) is 84.4 Å². The van der Waals surface area contributed by atoms with E-state index in [2.05, 4.69) is 5.32 Å². The van der Waals surface area contributed by atoms with E-state index in [1.807, 2.05) is 58.0 Å². The lowest BCUT2D eigenvalue weighted by molar-refractivity contribution is -0.140. The lowest BCUT2D eigenvalue weighted by Gasteiger charge is -2.34. The van der Waals surface area contributed by atoms with Crippen molar-refractivity contribution in [2.75, 3.05) is 31.6 Å². The minimum atomic E-state index is -4.19. The first kappa shape index (κ1) is 32.5. The number of sulfonamides is 1. The number of methoxy groups -OCH3 is 2. The Balaban J connectivity index is 2.06. The van der Waals surface area contributed by atoms with Crippen molar-refractivity contribution < 1.29 is 27.5 Å². The highest BCUT2D eigenvalue weighted by Crippen LogP contribution is 2.34. The number of nitrogens with one attached hydrogen (secondary N) is 1. The third kappa shape index (κ3) is 8.25. The van der Waals surface area contributed by atoms with Crippen LogP contribution in [0.25, 0.3) is 0 Å². The quantitative estimate of drug-likeness (QED) is 0.308. The number of amides is 2. The minimum Gasteiger partial charge on any atom is -0.493 e. The lowest BCUT2D eigenvalue weighted by Crippen LogP contribution is -2.56. The topological polar surface area (TPSA) is 105 Å². The second-order valence-corrected chi connectivity index (χ2v) is 12.7. The summed E-state index contributed by atoms with van der Waals surface area (Å²) in [5.41, 5.74) is 0.705. The van der Waals surface area contributed by atoms with Gasteiger partial charge in [0.2, 0.25) is 11.8 Å². The molecule has 0 saturated carbocycles. The van der Waals surface area contributed by atoms with Crippen molar-refractivity contribution in [2.24, 2.45) is 0 Å². The summed E-state index contributed by atoms with van der Waals surface area (Å²) in [6.07, 6.45) is 0.845. The zero-order valence-electron chi connectivity index (χ0n) is 25.2. The van der Waals surface area contributed by atoms with E-state index in [1.165, 1.54) is 37.3 Å². The number of carbonyl (C=O) groups excluding carboxylic acids is 2. The molecule has 0 fully saturated rings. The summed E-state index contributed by atoms with van der Waals surface area (Å²) in [5, 5.41) is 2.98. The summed E-state index contributed by atoms with van der Waals surface area (Å²) >= 11 is 0. The Morgan fingerprint density at radius 2 is 1.48 bits per heavy atom. The van der Waals surface area contributed by atoms with E-state index in [4.69, 9.17) is 9.47 Å². The Kier molecular flexibility index (Phi) is 11.0. The largest absolute Gasteiger partial charge is 0.493 e. The van der Waals surface area contributed by atoms with E-state index >= 15 is 0 Å². The van der Waals surface area contributed by atoms with Crippen molar-refractivity contribution in [1.82, 2.24) is 10.2 Å². The molecule has 0 radical (unpaired) electrons. The fourth-order valence-electron chi connectivity index (χ4n) is 4.58. The summed E-state index contributed by atoms with van der Waals surface area (Å²) < 4.78 is 39.8. The van der Waals surface area contributed by atoms with Gasteiger partial charge in [0.1, 0.15) is 12.6 Å². The lowest BCUT2D eigenvalue weighted by atomic mass is 10.1. The number of nitrogens with zero attached hydrogens (tertiary/aromatic N) is 2. The van der Waals surface area contributed by atoms with Gasteiger partial charge in [-0.3, -0.25) is 13.9 Å². The second-order valence-electron chi connectivity index (χ2n) is 10.9. The van der Waals surface area contributed by atoms with Gasteiger partial charge in [-0.25, -0.2) is 8.42 Å². The molecule has 1 atom stereocenters. The number of hydrogen-bond acceptors (Lipinski definition) is 6. The average Bonchev–Trinajstić information content (AvgIpc) is 2.97. The molecule has 3 aromatic carbocycles. The minimum absolute atomic E-state index is 0.0286. The van der Waals surface area contributed by atoms with Gasteiger partial charge in [-0.05, 0) is 63.4 Å². The van der Waals surface area contributed by atoms with Crippen LogP contribution in [0.5, 0.6) is 11.5 Å². The zero-order valence-corrected chi connectivity index (χ0v) is 26.0. The molecule has 1 unspecified atom stereocenters. The molecule has 3 aromatic rings. The molecule has 0 saturated heterocycles. The van der Waals surface area contributed by atoms with Crippen LogP contribution in [-0.2, 0) is 26.0 Å². The Morgan fingerprint density at radius 3 is 2.02 bits per heavy atom. The number of benzene rings is 3. The second kappa shape index (κ2) is 14.2. The molecule has 10 heteroatoms. The number of carbonyl (C=O) groups is 2. The van der Waals surface area contributed by atoms with E-state index in [0.717, 1.165) is 9.87 Å². The first-order chi connectivity index (χ1) is 19.9. The highest BCUT2D eigenvalue weighted by Gasteiger charge is 2.34. The predicted octanol–water partition coefficient (Wildman–Crippen LogP) is 4.66. The molecule has 0 aliphatic heterocycles. The molecule has 0 bridgehead atoms. The first-order valence-corrected chi connectivity index (χ1v) is 15.3. The van der Waals surface area contributed by atoms with Gasteiger partial charge >= 0.3 is 0 Å². The molecule has 1 N–H and O–H groups in total. The van der Waals surface area contributed by atoms with Crippen molar-refractivity contribution >= 4 is 27.5 Å². The van der Waals surface area contributed by atoms with Crippen LogP contribution >= 0.6 is 0 Å². The fourth-order valence-corrected chi connectivity index (χ4v) is 6.00. The van der Waals surface area contributed by atoms with E-state index in [0.29, 0.717) is 24.3 Å². The van der Waals surface area contributed by atoms with Crippen LogP contribution in [0.3, 0.4) is 0 Å². The highest BCUT2D eigenvalue weighted by molar-refractivity contribution is 7.92. The van der Waals surface area contributed by atoms with Crippen LogP contribution in [0.2, 0.25) is 0 Å². The predicted molar refractivity (Wildman–Crippen MR) is 164 cm³/mol. The van der Waals surface area contributed by atoms with Crippen LogP contribution in [0.15, 0.2) is 83.8 Å². The Bertz CT molecular complexity index is 1440. The number of hydrogen-bond donors (Lipinski definition) is 1. The maximum Gasteiger partial charge on any atom is 0.264 e. The fraction of sp³-hybridized carbons (Fsp3) is 0.375. The Labute approximate surface area is 249 Å².